The van der Waals surface area contributed by atoms with Crippen LogP contribution >= 0.6 is 0 Å². The lowest BCUT2D eigenvalue weighted by atomic mass is 9.89. The van der Waals surface area contributed by atoms with E-state index in [1.165, 1.54) is 44.9 Å². The second-order valence-corrected chi connectivity index (χ2v) is 6.48. The van der Waals surface area contributed by atoms with E-state index in [-0.39, 0.29) is 5.92 Å². The number of carbonyl (C=O) groups is 1. The monoisotopic (exact) mass is 267 g/mol. The van der Waals surface area contributed by atoms with E-state index in [0.29, 0.717) is 18.1 Å². The summed E-state index contributed by atoms with van der Waals surface area (Å²) in [5.41, 5.74) is 0. The van der Waals surface area contributed by atoms with E-state index >= 15 is 0 Å². The van der Waals surface area contributed by atoms with Gasteiger partial charge in [0, 0.05) is 18.1 Å². The van der Waals surface area contributed by atoms with E-state index in [1.54, 1.807) is 0 Å². The van der Waals surface area contributed by atoms with Crippen molar-refractivity contribution in [3.05, 3.63) is 0 Å². The fourth-order valence-electron chi connectivity index (χ4n) is 4.18. The van der Waals surface area contributed by atoms with Crippen molar-refractivity contribution in [2.45, 2.75) is 89.8 Å². The molecular weight excluding hydrogens is 238 g/mol. The number of nitrogens with zero attached hydrogens (tertiary/aromatic N) is 1. The first kappa shape index (κ1) is 14.8. The summed E-state index contributed by atoms with van der Waals surface area (Å²) in [5, 5.41) is 9.28. The van der Waals surface area contributed by atoms with Gasteiger partial charge in [0.2, 0.25) is 0 Å². The van der Waals surface area contributed by atoms with Crippen molar-refractivity contribution in [1.29, 1.82) is 0 Å². The lowest BCUT2D eigenvalue weighted by Gasteiger charge is -2.29. The van der Waals surface area contributed by atoms with Crippen molar-refractivity contribution in [3.8, 4) is 0 Å². The van der Waals surface area contributed by atoms with Gasteiger partial charge in [-0.25, -0.2) is 0 Å². The Hall–Kier alpha value is -0.570. The van der Waals surface area contributed by atoms with Crippen LogP contribution in [0.1, 0.15) is 71.6 Å². The van der Waals surface area contributed by atoms with E-state index in [2.05, 4.69) is 18.7 Å². The summed E-state index contributed by atoms with van der Waals surface area (Å²) >= 11 is 0. The second kappa shape index (κ2) is 6.74. The van der Waals surface area contributed by atoms with E-state index in [9.17, 15) is 9.90 Å². The minimum Gasteiger partial charge on any atom is -0.481 e. The van der Waals surface area contributed by atoms with Crippen molar-refractivity contribution in [3.63, 3.8) is 0 Å². The van der Waals surface area contributed by atoms with Gasteiger partial charge < -0.3 is 5.11 Å². The van der Waals surface area contributed by atoms with Crippen LogP contribution in [0.25, 0.3) is 0 Å². The fourth-order valence-corrected chi connectivity index (χ4v) is 4.18. The van der Waals surface area contributed by atoms with Gasteiger partial charge in [-0.3, -0.25) is 9.69 Å². The number of aliphatic carboxylic acids is 1. The van der Waals surface area contributed by atoms with Crippen molar-refractivity contribution >= 4 is 5.97 Å². The fraction of sp³-hybridized carbons (Fsp3) is 0.938. The van der Waals surface area contributed by atoms with Crippen LogP contribution in [0.4, 0.5) is 0 Å². The Kier molecular flexibility index (Phi) is 5.26. The highest BCUT2D eigenvalue weighted by atomic mass is 16.4. The molecule has 4 unspecified atom stereocenters. The van der Waals surface area contributed by atoms with Gasteiger partial charge in [-0.2, -0.15) is 0 Å². The number of hydrogen-bond donors (Lipinski definition) is 1. The lowest BCUT2D eigenvalue weighted by Crippen LogP contribution is -2.39. The van der Waals surface area contributed by atoms with Crippen LogP contribution in [0.2, 0.25) is 0 Å². The van der Waals surface area contributed by atoms with Crippen LogP contribution in [0.3, 0.4) is 0 Å². The van der Waals surface area contributed by atoms with Gasteiger partial charge in [0.25, 0.3) is 0 Å². The largest absolute Gasteiger partial charge is 0.481 e. The van der Waals surface area contributed by atoms with Crippen LogP contribution in [0, 0.1) is 5.92 Å². The highest BCUT2D eigenvalue weighted by Crippen LogP contribution is 2.43. The van der Waals surface area contributed by atoms with Crippen molar-refractivity contribution in [1.82, 2.24) is 4.90 Å². The number of hydrogen-bond acceptors (Lipinski definition) is 2. The van der Waals surface area contributed by atoms with E-state index in [4.69, 9.17) is 0 Å². The Morgan fingerprint density at radius 1 is 1.26 bits per heavy atom. The summed E-state index contributed by atoms with van der Waals surface area (Å²) in [6.07, 6.45) is 11.1. The van der Waals surface area contributed by atoms with Crippen molar-refractivity contribution in [2.24, 2.45) is 5.92 Å². The van der Waals surface area contributed by atoms with Crippen LogP contribution in [-0.4, -0.2) is 34.1 Å². The molecule has 1 N–H and O–H groups in total. The summed E-state index contributed by atoms with van der Waals surface area (Å²) < 4.78 is 0. The first-order chi connectivity index (χ1) is 9.15. The SMILES string of the molecule is CCCCCCCC(C)N1C2CCC1C(C(=O)O)C2. The van der Waals surface area contributed by atoms with Crippen LogP contribution < -0.4 is 0 Å². The number of unbranched alkanes of at least 4 members (excludes halogenated alkanes) is 4. The number of rotatable bonds is 8. The normalized spacial score (nSPS) is 31.8. The summed E-state index contributed by atoms with van der Waals surface area (Å²) in [5.74, 6) is -0.673. The zero-order valence-electron chi connectivity index (χ0n) is 12.5. The summed E-state index contributed by atoms with van der Waals surface area (Å²) in [6.45, 7) is 4.55. The number of carboxylic acids is 1. The zero-order chi connectivity index (χ0) is 13.8. The minimum absolute atomic E-state index is 0.0960. The summed E-state index contributed by atoms with van der Waals surface area (Å²) in [6, 6.07) is 1.45. The number of carboxylic acid groups (broad SMARTS) is 1. The van der Waals surface area contributed by atoms with Crippen LogP contribution in [0.15, 0.2) is 0 Å². The Labute approximate surface area is 117 Å². The highest BCUT2D eigenvalue weighted by molar-refractivity contribution is 5.71. The zero-order valence-corrected chi connectivity index (χ0v) is 12.5. The predicted molar refractivity (Wildman–Crippen MR) is 77.2 cm³/mol. The van der Waals surface area contributed by atoms with Crippen molar-refractivity contribution in [2.75, 3.05) is 0 Å². The van der Waals surface area contributed by atoms with Gasteiger partial charge in [0.15, 0.2) is 0 Å². The molecule has 110 valence electrons. The lowest BCUT2D eigenvalue weighted by molar-refractivity contribution is -0.142. The smallest absolute Gasteiger partial charge is 0.308 e. The third-order valence-electron chi connectivity index (χ3n) is 5.14. The summed E-state index contributed by atoms with van der Waals surface area (Å²) in [7, 11) is 0. The van der Waals surface area contributed by atoms with E-state index in [1.807, 2.05) is 0 Å². The molecule has 2 saturated heterocycles. The molecule has 0 radical (unpaired) electrons. The maximum Gasteiger partial charge on any atom is 0.308 e. The molecule has 3 heteroatoms. The molecule has 0 aromatic heterocycles. The van der Waals surface area contributed by atoms with Gasteiger partial charge in [0.1, 0.15) is 0 Å². The molecule has 2 heterocycles. The van der Waals surface area contributed by atoms with E-state index in [0.717, 1.165) is 12.8 Å². The topological polar surface area (TPSA) is 40.5 Å². The molecule has 0 amide bonds. The summed E-state index contributed by atoms with van der Waals surface area (Å²) in [4.78, 5) is 13.8. The third kappa shape index (κ3) is 3.31. The van der Waals surface area contributed by atoms with Gasteiger partial charge in [-0.15, -0.1) is 0 Å². The Bertz CT molecular complexity index is 305. The van der Waals surface area contributed by atoms with Gasteiger partial charge >= 0.3 is 5.97 Å². The van der Waals surface area contributed by atoms with Crippen molar-refractivity contribution < 1.29 is 9.90 Å². The van der Waals surface area contributed by atoms with Gasteiger partial charge in [0.05, 0.1) is 5.92 Å². The predicted octanol–water partition coefficient (Wildman–Crippen LogP) is 3.67. The molecule has 0 aliphatic carbocycles. The average Bonchev–Trinajstić information content (AvgIpc) is 2.95. The first-order valence-electron chi connectivity index (χ1n) is 8.15. The van der Waals surface area contributed by atoms with E-state index < -0.39 is 5.97 Å². The molecule has 0 saturated carbocycles. The average molecular weight is 267 g/mol. The molecule has 2 bridgehead atoms. The maximum atomic E-state index is 11.3. The number of fused-ring (bicyclic) bond motifs is 2. The van der Waals surface area contributed by atoms with Gasteiger partial charge in [-0.05, 0) is 32.6 Å². The minimum atomic E-state index is -0.577. The molecule has 0 spiro atoms. The van der Waals surface area contributed by atoms with Crippen LogP contribution in [-0.2, 0) is 4.79 Å². The highest BCUT2D eigenvalue weighted by Gasteiger charge is 2.50. The third-order valence-corrected chi connectivity index (χ3v) is 5.14. The molecule has 2 aliphatic heterocycles. The Balaban J connectivity index is 1.77. The molecule has 3 nitrogen and oxygen atoms in total. The molecule has 19 heavy (non-hydrogen) atoms. The molecule has 2 fully saturated rings. The molecule has 2 aliphatic rings. The quantitative estimate of drug-likeness (QED) is 0.682. The molecular formula is C16H29NO2. The molecule has 0 aromatic rings. The van der Waals surface area contributed by atoms with Crippen LogP contribution in [0.5, 0.6) is 0 Å². The maximum absolute atomic E-state index is 11.3. The Morgan fingerprint density at radius 2 is 2.00 bits per heavy atom. The molecule has 2 rings (SSSR count). The first-order valence-corrected chi connectivity index (χ1v) is 8.15. The standard InChI is InChI=1S/C16H29NO2/c1-3-4-5-6-7-8-12(2)17-13-9-10-15(17)14(11-13)16(18)19/h12-15H,3-11H2,1-2H3,(H,18,19). The van der Waals surface area contributed by atoms with Gasteiger partial charge in [-0.1, -0.05) is 39.0 Å². The molecule has 4 atom stereocenters. The second-order valence-electron chi connectivity index (χ2n) is 6.48. The Morgan fingerprint density at radius 3 is 2.63 bits per heavy atom. The molecule has 0 aromatic carbocycles.